The molecule has 0 unspecified atom stereocenters. The van der Waals surface area contributed by atoms with E-state index < -0.39 is 0 Å². The average molecular weight is 404 g/mol. The van der Waals surface area contributed by atoms with Gasteiger partial charge in [0.05, 0.1) is 12.6 Å². The number of benzene rings is 1. The number of carbonyl (C=O) groups is 1. The lowest BCUT2D eigenvalue weighted by Gasteiger charge is -2.28. The number of oxazole rings is 1. The van der Waals surface area contributed by atoms with Crippen LogP contribution < -0.4 is 5.32 Å². The summed E-state index contributed by atoms with van der Waals surface area (Å²) in [7, 11) is 0. The number of rotatable bonds is 5. The van der Waals surface area contributed by atoms with Crippen molar-refractivity contribution in [3.63, 3.8) is 0 Å². The Balaban J connectivity index is 0.00000225. The zero-order valence-corrected chi connectivity index (χ0v) is 17.5. The molecule has 152 valence electrons. The van der Waals surface area contributed by atoms with Gasteiger partial charge in [-0.2, -0.15) is 0 Å². The standard InChI is InChI=1S/C22H29N3O2.ClH/c1-15(2)8-11-21-24-19-14-25(13-12-20(19)27-21)22(26)18-10-9-17(23-18)16-6-4-3-5-7-16;/h3-7,15,17-18,23H,8-14H2,1-2H3;1H/t17-,18-;/m1./s1. The van der Waals surface area contributed by atoms with Gasteiger partial charge in [0.2, 0.25) is 5.91 Å². The monoisotopic (exact) mass is 403 g/mol. The van der Waals surface area contributed by atoms with E-state index in [-0.39, 0.29) is 30.4 Å². The van der Waals surface area contributed by atoms with Crippen molar-refractivity contribution >= 4 is 18.3 Å². The van der Waals surface area contributed by atoms with Crippen LogP contribution in [0.3, 0.4) is 0 Å². The number of fused-ring (bicyclic) bond motifs is 1. The first-order valence-corrected chi connectivity index (χ1v) is 10.2. The minimum Gasteiger partial charge on any atom is -0.445 e. The summed E-state index contributed by atoms with van der Waals surface area (Å²) >= 11 is 0. The minimum atomic E-state index is -0.0935. The van der Waals surface area contributed by atoms with Gasteiger partial charge in [-0.15, -0.1) is 12.4 Å². The van der Waals surface area contributed by atoms with Crippen molar-refractivity contribution in [2.75, 3.05) is 6.54 Å². The summed E-state index contributed by atoms with van der Waals surface area (Å²) in [5.74, 6) is 2.63. The molecule has 1 aromatic heterocycles. The van der Waals surface area contributed by atoms with E-state index in [2.05, 4.69) is 48.4 Å². The minimum absolute atomic E-state index is 0. The van der Waals surface area contributed by atoms with E-state index in [4.69, 9.17) is 4.42 Å². The van der Waals surface area contributed by atoms with Crippen molar-refractivity contribution in [3.8, 4) is 0 Å². The van der Waals surface area contributed by atoms with Crippen LogP contribution in [0.4, 0.5) is 0 Å². The molecule has 0 saturated carbocycles. The molecule has 1 aromatic carbocycles. The second kappa shape index (κ2) is 9.10. The SMILES string of the molecule is CC(C)CCc1nc2c(o1)CCN(C(=O)[C@H]1CC[C@H](c3ccccc3)N1)C2.Cl. The topological polar surface area (TPSA) is 58.4 Å². The van der Waals surface area contributed by atoms with Crippen LogP contribution in [0.25, 0.3) is 0 Å². The lowest BCUT2D eigenvalue weighted by molar-refractivity contribution is -0.134. The Morgan fingerprint density at radius 1 is 1.29 bits per heavy atom. The Bertz CT molecular complexity index is 790. The number of carbonyl (C=O) groups excluding carboxylic acids is 1. The van der Waals surface area contributed by atoms with Gasteiger partial charge < -0.3 is 9.32 Å². The van der Waals surface area contributed by atoms with Gasteiger partial charge in [-0.05, 0) is 30.7 Å². The van der Waals surface area contributed by atoms with Gasteiger partial charge in [0, 0.05) is 25.4 Å². The summed E-state index contributed by atoms with van der Waals surface area (Å²) in [5.41, 5.74) is 2.21. The highest BCUT2D eigenvalue weighted by atomic mass is 35.5. The van der Waals surface area contributed by atoms with E-state index in [1.807, 2.05) is 11.0 Å². The fourth-order valence-electron chi connectivity index (χ4n) is 4.07. The van der Waals surface area contributed by atoms with Gasteiger partial charge in [0.1, 0.15) is 11.5 Å². The Hall–Kier alpha value is -1.85. The van der Waals surface area contributed by atoms with Crippen molar-refractivity contribution in [2.45, 2.75) is 64.6 Å². The molecular weight excluding hydrogens is 374 g/mol. The van der Waals surface area contributed by atoms with Crippen LogP contribution in [-0.4, -0.2) is 28.4 Å². The Morgan fingerprint density at radius 2 is 2.07 bits per heavy atom. The van der Waals surface area contributed by atoms with Crippen molar-refractivity contribution in [2.24, 2.45) is 5.92 Å². The number of nitrogens with zero attached hydrogens (tertiary/aromatic N) is 2. The highest BCUT2D eigenvalue weighted by molar-refractivity contribution is 5.85. The van der Waals surface area contributed by atoms with Crippen LogP contribution in [0, 0.1) is 5.92 Å². The first-order chi connectivity index (χ1) is 13.1. The van der Waals surface area contributed by atoms with E-state index in [0.717, 1.165) is 56.0 Å². The maximum Gasteiger partial charge on any atom is 0.240 e. The number of nitrogens with one attached hydrogen (secondary N) is 1. The van der Waals surface area contributed by atoms with Crippen LogP contribution in [0.5, 0.6) is 0 Å². The van der Waals surface area contributed by atoms with E-state index >= 15 is 0 Å². The summed E-state index contributed by atoms with van der Waals surface area (Å²) in [6.07, 6.45) is 4.62. The van der Waals surface area contributed by atoms with E-state index in [9.17, 15) is 4.79 Å². The molecule has 0 aliphatic carbocycles. The smallest absolute Gasteiger partial charge is 0.240 e. The summed E-state index contributed by atoms with van der Waals surface area (Å²) < 4.78 is 5.92. The number of hydrogen-bond donors (Lipinski definition) is 1. The molecule has 3 heterocycles. The van der Waals surface area contributed by atoms with E-state index in [0.29, 0.717) is 12.5 Å². The highest BCUT2D eigenvalue weighted by Crippen LogP contribution is 2.28. The predicted octanol–water partition coefficient (Wildman–Crippen LogP) is 4.06. The summed E-state index contributed by atoms with van der Waals surface area (Å²) in [4.78, 5) is 19.6. The Kier molecular flexibility index (Phi) is 6.78. The van der Waals surface area contributed by atoms with Crippen molar-refractivity contribution in [1.29, 1.82) is 0 Å². The number of aromatic nitrogens is 1. The lowest BCUT2D eigenvalue weighted by atomic mass is 10.1. The van der Waals surface area contributed by atoms with Gasteiger partial charge in [-0.25, -0.2) is 4.98 Å². The van der Waals surface area contributed by atoms with Crippen molar-refractivity contribution < 1.29 is 9.21 Å². The second-order valence-corrected chi connectivity index (χ2v) is 8.18. The molecule has 2 atom stereocenters. The van der Waals surface area contributed by atoms with Crippen LogP contribution in [-0.2, 0) is 24.2 Å². The second-order valence-electron chi connectivity index (χ2n) is 8.18. The highest BCUT2D eigenvalue weighted by Gasteiger charge is 2.34. The molecule has 6 heteroatoms. The molecule has 28 heavy (non-hydrogen) atoms. The zero-order valence-electron chi connectivity index (χ0n) is 16.7. The molecule has 0 bridgehead atoms. The summed E-state index contributed by atoms with van der Waals surface area (Å²) in [5, 5.41) is 3.53. The van der Waals surface area contributed by atoms with Gasteiger partial charge in [0.25, 0.3) is 0 Å². The van der Waals surface area contributed by atoms with Crippen LogP contribution in [0.15, 0.2) is 34.7 Å². The van der Waals surface area contributed by atoms with E-state index in [1.54, 1.807) is 0 Å². The molecule has 1 N–H and O–H groups in total. The lowest BCUT2D eigenvalue weighted by Crippen LogP contribution is -2.45. The maximum atomic E-state index is 13.0. The summed E-state index contributed by atoms with van der Waals surface area (Å²) in [6, 6.07) is 10.6. The van der Waals surface area contributed by atoms with Crippen LogP contribution in [0.1, 0.15) is 62.1 Å². The first-order valence-electron chi connectivity index (χ1n) is 10.2. The largest absolute Gasteiger partial charge is 0.445 e. The van der Waals surface area contributed by atoms with Crippen LogP contribution in [0.2, 0.25) is 0 Å². The average Bonchev–Trinajstić information content (AvgIpc) is 3.33. The third-order valence-corrected chi connectivity index (χ3v) is 5.67. The molecule has 0 spiro atoms. The van der Waals surface area contributed by atoms with Gasteiger partial charge in [-0.1, -0.05) is 44.2 Å². The first kappa shape index (κ1) is 20.9. The molecule has 0 radical (unpaired) electrons. The molecule has 1 saturated heterocycles. The van der Waals surface area contributed by atoms with Crippen molar-refractivity contribution in [1.82, 2.24) is 15.2 Å². The molecule has 1 fully saturated rings. The normalized spacial score (nSPS) is 21.5. The van der Waals surface area contributed by atoms with Gasteiger partial charge >= 0.3 is 0 Å². The molecule has 1 amide bonds. The maximum absolute atomic E-state index is 13.0. The van der Waals surface area contributed by atoms with E-state index in [1.165, 1.54) is 5.56 Å². The number of hydrogen-bond acceptors (Lipinski definition) is 4. The van der Waals surface area contributed by atoms with Crippen molar-refractivity contribution in [3.05, 3.63) is 53.2 Å². The molecule has 5 nitrogen and oxygen atoms in total. The quantitative estimate of drug-likeness (QED) is 0.817. The van der Waals surface area contributed by atoms with Crippen LogP contribution >= 0.6 is 12.4 Å². The Labute approximate surface area is 173 Å². The fraction of sp³-hybridized carbons (Fsp3) is 0.545. The molecule has 2 aliphatic rings. The molecule has 2 aromatic rings. The number of halogens is 1. The predicted molar refractivity (Wildman–Crippen MR) is 111 cm³/mol. The molecular formula is C22H30ClN3O2. The molecule has 2 aliphatic heterocycles. The number of aryl methyl sites for hydroxylation is 1. The summed E-state index contributed by atoms with van der Waals surface area (Å²) in [6.45, 7) is 5.72. The third-order valence-electron chi connectivity index (χ3n) is 5.67. The third kappa shape index (κ3) is 4.58. The Morgan fingerprint density at radius 3 is 2.82 bits per heavy atom. The molecule has 4 rings (SSSR count). The fourth-order valence-corrected chi connectivity index (χ4v) is 4.07. The van der Waals surface area contributed by atoms with Gasteiger partial charge in [0.15, 0.2) is 5.89 Å². The number of amides is 1. The van der Waals surface area contributed by atoms with Gasteiger partial charge in [-0.3, -0.25) is 10.1 Å². The zero-order chi connectivity index (χ0) is 18.8.